The van der Waals surface area contributed by atoms with Crippen LogP contribution in [0.4, 0.5) is 0 Å². The van der Waals surface area contributed by atoms with Gasteiger partial charge in [0.15, 0.2) is 0 Å². The average molecular weight is 267 g/mol. The van der Waals surface area contributed by atoms with Gasteiger partial charge in [0.25, 0.3) is 0 Å². The van der Waals surface area contributed by atoms with E-state index < -0.39 is 0 Å². The van der Waals surface area contributed by atoms with Crippen LogP contribution in [0.5, 0.6) is 0 Å². The molecule has 1 saturated heterocycles. The molecule has 0 aromatic rings. The molecule has 0 saturated carbocycles. The number of hydrogen-bond acceptors (Lipinski definition) is 2. The molecule has 2 nitrogen and oxygen atoms in total. The molecule has 1 fully saturated rings. The third kappa shape index (κ3) is 9.21. The molecule has 0 radical (unpaired) electrons. The van der Waals surface area contributed by atoms with Gasteiger partial charge in [-0.3, -0.25) is 4.79 Å². The van der Waals surface area contributed by atoms with Crippen molar-refractivity contribution in [1.82, 2.24) is 5.32 Å². The predicted molar refractivity (Wildman–Crippen MR) is 82.4 cm³/mol. The summed E-state index contributed by atoms with van der Waals surface area (Å²) in [6.45, 7) is 4.39. The lowest BCUT2D eigenvalue weighted by molar-refractivity contribution is -0.120. The highest BCUT2D eigenvalue weighted by Crippen LogP contribution is 2.14. The smallest absolute Gasteiger partial charge is 0.133 e. The molecule has 1 aliphatic heterocycles. The lowest BCUT2D eigenvalue weighted by atomic mass is 9.94. The fourth-order valence-corrected chi connectivity index (χ4v) is 2.73. The fraction of sp³-hybridized carbons (Fsp3) is 0.941. The van der Waals surface area contributed by atoms with Crippen LogP contribution in [-0.4, -0.2) is 18.9 Å². The van der Waals surface area contributed by atoms with Gasteiger partial charge < -0.3 is 5.32 Å². The average Bonchev–Trinajstić information content (AvgIpc) is 2.36. The van der Waals surface area contributed by atoms with Crippen molar-refractivity contribution in [3.8, 4) is 0 Å². The van der Waals surface area contributed by atoms with E-state index in [9.17, 15) is 4.79 Å². The highest BCUT2D eigenvalue weighted by atomic mass is 16.1. The van der Waals surface area contributed by atoms with Gasteiger partial charge in [0.05, 0.1) is 0 Å². The Bertz CT molecular complexity index is 223. The SMILES string of the molecule is CCCCCCCCCCCCC(=O)CC1CNC1. The summed E-state index contributed by atoms with van der Waals surface area (Å²) in [5, 5.41) is 3.22. The van der Waals surface area contributed by atoms with Crippen molar-refractivity contribution < 1.29 is 4.79 Å². The minimum Gasteiger partial charge on any atom is -0.316 e. The van der Waals surface area contributed by atoms with Crippen LogP contribution in [0.1, 0.15) is 84.0 Å². The second-order valence-corrected chi connectivity index (χ2v) is 6.20. The maximum absolute atomic E-state index is 11.7. The molecule has 1 aliphatic rings. The molecule has 2 heteroatoms. The highest BCUT2D eigenvalue weighted by Gasteiger charge is 2.19. The van der Waals surface area contributed by atoms with E-state index in [1.165, 1.54) is 57.8 Å². The van der Waals surface area contributed by atoms with E-state index in [1.807, 2.05) is 0 Å². The molecule has 112 valence electrons. The first-order valence-electron chi connectivity index (χ1n) is 8.55. The van der Waals surface area contributed by atoms with Gasteiger partial charge in [0, 0.05) is 12.8 Å². The monoisotopic (exact) mass is 267 g/mol. The molecular weight excluding hydrogens is 234 g/mol. The zero-order valence-corrected chi connectivity index (χ0v) is 12.9. The van der Waals surface area contributed by atoms with Gasteiger partial charge in [-0.2, -0.15) is 0 Å². The number of unbranched alkanes of at least 4 members (excludes halogenated alkanes) is 9. The Morgan fingerprint density at radius 1 is 0.895 bits per heavy atom. The number of hydrogen-bond donors (Lipinski definition) is 1. The number of nitrogens with one attached hydrogen (secondary N) is 1. The summed E-state index contributed by atoms with van der Waals surface area (Å²) in [5.41, 5.74) is 0. The summed E-state index contributed by atoms with van der Waals surface area (Å²) >= 11 is 0. The van der Waals surface area contributed by atoms with Crippen molar-refractivity contribution >= 4 is 5.78 Å². The number of carbonyl (C=O) groups is 1. The van der Waals surface area contributed by atoms with Gasteiger partial charge >= 0.3 is 0 Å². The zero-order chi connectivity index (χ0) is 13.8. The van der Waals surface area contributed by atoms with Gasteiger partial charge in [-0.15, -0.1) is 0 Å². The van der Waals surface area contributed by atoms with Gasteiger partial charge in [-0.1, -0.05) is 64.7 Å². The number of ketones is 1. The summed E-state index contributed by atoms with van der Waals surface area (Å²) in [4.78, 5) is 11.7. The first-order valence-corrected chi connectivity index (χ1v) is 8.55. The first-order chi connectivity index (χ1) is 9.33. The first kappa shape index (κ1) is 16.7. The highest BCUT2D eigenvalue weighted by molar-refractivity contribution is 5.78. The summed E-state index contributed by atoms with van der Waals surface area (Å²) in [6, 6.07) is 0. The van der Waals surface area contributed by atoms with Crippen LogP contribution in [0.15, 0.2) is 0 Å². The minimum atomic E-state index is 0.492. The molecule has 0 atom stereocenters. The van der Waals surface area contributed by atoms with Crippen molar-refractivity contribution in [1.29, 1.82) is 0 Å². The molecule has 1 N–H and O–H groups in total. The van der Waals surface area contributed by atoms with E-state index in [4.69, 9.17) is 0 Å². The van der Waals surface area contributed by atoms with Crippen LogP contribution in [-0.2, 0) is 4.79 Å². The van der Waals surface area contributed by atoms with E-state index in [0.29, 0.717) is 11.7 Å². The van der Waals surface area contributed by atoms with Crippen molar-refractivity contribution in [2.24, 2.45) is 5.92 Å². The van der Waals surface area contributed by atoms with Gasteiger partial charge in [0.1, 0.15) is 5.78 Å². The Balaban J connectivity index is 1.74. The van der Waals surface area contributed by atoms with Gasteiger partial charge in [-0.25, -0.2) is 0 Å². The predicted octanol–water partition coefficient (Wildman–Crippen LogP) is 4.48. The second-order valence-electron chi connectivity index (χ2n) is 6.20. The van der Waals surface area contributed by atoms with E-state index in [1.54, 1.807) is 0 Å². The molecule has 19 heavy (non-hydrogen) atoms. The van der Waals surface area contributed by atoms with Crippen LogP contribution in [0.2, 0.25) is 0 Å². The maximum Gasteiger partial charge on any atom is 0.133 e. The minimum absolute atomic E-state index is 0.492. The number of carbonyl (C=O) groups excluding carboxylic acids is 1. The zero-order valence-electron chi connectivity index (χ0n) is 12.9. The van der Waals surface area contributed by atoms with E-state index in [0.717, 1.165) is 32.4 Å². The van der Waals surface area contributed by atoms with Crippen LogP contribution >= 0.6 is 0 Å². The molecule has 1 heterocycles. The maximum atomic E-state index is 11.7. The normalized spacial score (nSPS) is 15.4. The van der Waals surface area contributed by atoms with Crippen molar-refractivity contribution in [2.75, 3.05) is 13.1 Å². The molecule has 0 unspecified atom stereocenters. The number of Topliss-reactive ketones (excluding diaryl/α,β-unsaturated/α-hetero) is 1. The van der Waals surface area contributed by atoms with E-state index in [2.05, 4.69) is 12.2 Å². The molecule has 0 aromatic carbocycles. The number of rotatable bonds is 13. The largest absolute Gasteiger partial charge is 0.316 e. The Morgan fingerprint density at radius 3 is 1.89 bits per heavy atom. The van der Waals surface area contributed by atoms with Crippen LogP contribution < -0.4 is 5.32 Å². The molecule has 0 aromatic heterocycles. The second kappa shape index (κ2) is 11.5. The fourth-order valence-electron chi connectivity index (χ4n) is 2.73. The Labute approximate surface area is 119 Å². The molecule has 0 amide bonds. The Hall–Kier alpha value is -0.370. The Kier molecular flexibility index (Phi) is 10.1. The topological polar surface area (TPSA) is 29.1 Å². The Morgan fingerprint density at radius 2 is 1.42 bits per heavy atom. The van der Waals surface area contributed by atoms with Gasteiger partial charge in [0.2, 0.25) is 0 Å². The standard InChI is InChI=1S/C17H33NO/c1-2-3-4-5-6-7-8-9-10-11-12-17(19)13-16-14-18-15-16/h16,18H,2-15H2,1H3. The third-order valence-corrected chi connectivity index (χ3v) is 4.19. The lowest BCUT2D eigenvalue weighted by Gasteiger charge is -2.26. The summed E-state index contributed by atoms with van der Waals surface area (Å²) < 4.78 is 0. The van der Waals surface area contributed by atoms with Crippen molar-refractivity contribution in [3.63, 3.8) is 0 Å². The van der Waals surface area contributed by atoms with Crippen LogP contribution in [0, 0.1) is 5.92 Å². The molecule has 0 bridgehead atoms. The quantitative estimate of drug-likeness (QED) is 0.499. The van der Waals surface area contributed by atoms with Gasteiger partial charge in [-0.05, 0) is 25.4 Å². The third-order valence-electron chi connectivity index (χ3n) is 4.19. The molecule has 1 rings (SSSR count). The molecule has 0 aliphatic carbocycles. The summed E-state index contributed by atoms with van der Waals surface area (Å²) in [6.07, 6.45) is 15.1. The molecular formula is C17H33NO. The summed E-state index contributed by atoms with van der Waals surface area (Å²) in [5.74, 6) is 1.14. The van der Waals surface area contributed by atoms with Crippen molar-refractivity contribution in [2.45, 2.75) is 84.0 Å². The van der Waals surface area contributed by atoms with Crippen molar-refractivity contribution in [3.05, 3.63) is 0 Å². The van der Waals surface area contributed by atoms with E-state index >= 15 is 0 Å². The van der Waals surface area contributed by atoms with E-state index in [-0.39, 0.29) is 0 Å². The van der Waals surface area contributed by atoms with Crippen LogP contribution in [0.25, 0.3) is 0 Å². The van der Waals surface area contributed by atoms with Crippen LogP contribution in [0.3, 0.4) is 0 Å². The molecule has 0 spiro atoms. The lowest BCUT2D eigenvalue weighted by Crippen LogP contribution is -2.42. The summed E-state index contributed by atoms with van der Waals surface area (Å²) in [7, 11) is 0.